The number of sulfonamides is 1. The summed E-state index contributed by atoms with van der Waals surface area (Å²) in [5, 5.41) is 12.5. The zero-order valence-electron chi connectivity index (χ0n) is 19.5. The minimum atomic E-state index is -3.47. The number of benzene rings is 1. The van der Waals surface area contributed by atoms with E-state index >= 15 is 0 Å². The van der Waals surface area contributed by atoms with Crippen molar-refractivity contribution in [3.63, 3.8) is 0 Å². The first kappa shape index (κ1) is 30.1. The number of aliphatic hydroxyl groups is 1. The second kappa shape index (κ2) is 12.9. The van der Waals surface area contributed by atoms with Crippen LogP contribution in [0.4, 0.5) is 0 Å². The number of pyridine rings is 1. The number of rotatable bonds is 10. The smallest absolute Gasteiger partial charge is 0.257 e. The first-order chi connectivity index (χ1) is 16.0. The molecule has 3 aromatic rings. The Bertz CT molecular complexity index is 1360. The van der Waals surface area contributed by atoms with Crippen molar-refractivity contribution in [2.24, 2.45) is 7.05 Å². The van der Waals surface area contributed by atoms with E-state index in [1.807, 2.05) is 4.90 Å². The van der Waals surface area contributed by atoms with Gasteiger partial charge in [0.15, 0.2) is 0 Å². The number of carbonyl (C=O) groups is 1. The van der Waals surface area contributed by atoms with Gasteiger partial charge >= 0.3 is 0 Å². The van der Waals surface area contributed by atoms with Crippen LogP contribution in [0.15, 0.2) is 35.3 Å². The number of carbonyl (C=O) groups excluding carboxylic acids is 1. The maximum absolute atomic E-state index is 13.3. The van der Waals surface area contributed by atoms with Crippen molar-refractivity contribution in [2.45, 2.75) is 19.6 Å². The summed E-state index contributed by atoms with van der Waals surface area (Å²) in [6.07, 6.45) is 2.53. The molecule has 1 radical (unpaired) electrons. The molecule has 9 nitrogen and oxygen atoms in total. The molecule has 0 spiro atoms. The van der Waals surface area contributed by atoms with Gasteiger partial charge < -0.3 is 19.9 Å². The maximum atomic E-state index is 13.3. The van der Waals surface area contributed by atoms with E-state index in [0.29, 0.717) is 33.9 Å². The van der Waals surface area contributed by atoms with Gasteiger partial charge in [-0.05, 0) is 24.7 Å². The Kier molecular flexibility index (Phi) is 11.0. The normalized spacial score (nSPS) is 11.6. The van der Waals surface area contributed by atoms with Crippen LogP contribution in [-0.4, -0.2) is 48.7 Å². The largest absolute Gasteiger partial charge is 0.565 e. The first-order valence-corrected chi connectivity index (χ1v) is 13.3. The van der Waals surface area contributed by atoms with Gasteiger partial charge in [0, 0.05) is 81.1 Å². The number of fused-ring (bicyclic) bond motifs is 1. The van der Waals surface area contributed by atoms with Gasteiger partial charge in [0.25, 0.3) is 5.91 Å². The van der Waals surface area contributed by atoms with Gasteiger partial charge in [-0.2, -0.15) is 0 Å². The van der Waals surface area contributed by atoms with Crippen molar-refractivity contribution >= 4 is 49.1 Å². The molecule has 0 aliphatic heterocycles. The number of thiophene rings is 1. The molecular formula is C22H26ClN4O5S2Y-. The van der Waals surface area contributed by atoms with E-state index in [1.165, 1.54) is 17.5 Å². The van der Waals surface area contributed by atoms with E-state index in [4.69, 9.17) is 16.7 Å². The van der Waals surface area contributed by atoms with Gasteiger partial charge in [-0.15, -0.1) is 17.9 Å². The van der Waals surface area contributed by atoms with Crippen molar-refractivity contribution in [3.8, 4) is 0 Å². The number of nitrogens with one attached hydrogen (secondary N) is 2. The minimum Gasteiger partial charge on any atom is -0.565 e. The molecule has 3 N–H and O–H groups in total. The van der Waals surface area contributed by atoms with E-state index in [0.717, 1.165) is 23.3 Å². The standard InChI is InChI=1S/C22H26ClN4O5S2.Y/c1-26(8-9-28)13-18-16(11-25-34(3,31)32)19-21(33-18)20(29)17(12-27(19)2)22(30)24-10-14-4-6-15(23)7-5-14;/h4-7,9,12,25,28H,8,10-11,13H2,1-3H3,(H,24,30);/q-1;. The molecule has 35 heavy (non-hydrogen) atoms. The van der Waals surface area contributed by atoms with Crippen LogP contribution in [0.1, 0.15) is 26.4 Å². The van der Waals surface area contributed by atoms with Gasteiger partial charge in [0.2, 0.25) is 15.5 Å². The summed E-state index contributed by atoms with van der Waals surface area (Å²) in [6.45, 7) is 1.93. The summed E-state index contributed by atoms with van der Waals surface area (Å²) >= 11 is 7.11. The Morgan fingerprint density at radius 1 is 1.26 bits per heavy atom. The number of aryl methyl sites for hydroxylation is 1. The van der Waals surface area contributed by atoms with E-state index in [1.54, 1.807) is 42.9 Å². The van der Waals surface area contributed by atoms with Crippen LogP contribution >= 0.6 is 22.9 Å². The Balaban J connectivity index is 0.00000432. The third-order valence-electron chi connectivity index (χ3n) is 5.12. The van der Waals surface area contributed by atoms with Gasteiger partial charge in [-0.3, -0.25) is 9.59 Å². The Labute approximate surface area is 238 Å². The quantitative estimate of drug-likeness (QED) is 0.301. The summed E-state index contributed by atoms with van der Waals surface area (Å²) in [5.41, 5.74) is 1.64. The van der Waals surface area contributed by atoms with Crippen molar-refractivity contribution < 1.29 is 51.0 Å². The molecule has 0 fully saturated rings. The predicted octanol–water partition coefficient (Wildman–Crippen LogP) is 2.20. The molecule has 2 aromatic heterocycles. The number of likely N-dealkylation sites (N-methyl/N-ethyl adjacent to an activating group) is 1. The molecule has 0 atom stereocenters. The van der Waals surface area contributed by atoms with Gasteiger partial charge in [0.1, 0.15) is 5.56 Å². The number of halogens is 1. The SMILES string of the molecule is CN(C[CH-]O)Cc1sc2c(=O)c(C(=O)NCc3ccc(Cl)cc3)cn(C)c2c1CNS(C)(=O)=O.[Y]. The van der Waals surface area contributed by atoms with Crippen molar-refractivity contribution in [1.82, 2.24) is 19.5 Å². The monoisotopic (exact) mass is 614 g/mol. The molecule has 2 heterocycles. The number of hydrogen-bond acceptors (Lipinski definition) is 7. The van der Waals surface area contributed by atoms with E-state index in [9.17, 15) is 18.0 Å². The second-order valence-electron chi connectivity index (χ2n) is 7.95. The molecule has 0 saturated heterocycles. The zero-order chi connectivity index (χ0) is 25.0. The van der Waals surface area contributed by atoms with Crippen LogP contribution in [0, 0.1) is 6.61 Å². The molecular weight excluding hydrogens is 589 g/mol. The van der Waals surface area contributed by atoms with E-state index in [-0.39, 0.29) is 51.4 Å². The molecule has 0 saturated carbocycles. The molecule has 0 bridgehead atoms. The summed E-state index contributed by atoms with van der Waals surface area (Å²) in [6, 6.07) is 7.02. The van der Waals surface area contributed by atoms with Gasteiger partial charge in [0.05, 0.1) is 16.5 Å². The summed E-state index contributed by atoms with van der Waals surface area (Å²) in [7, 11) is 0.0318. The van der Waals surface area contributed by atoms with E-state index < -0.39 is 21.4 Å². The number of aliphatic hydroxyl groups excluding tert-OH is 1. The Morgan fingerprint density at radius 2 is 1.91 bits per heavy atom. The number of hydrogen-bond donors (Lipinski definition) is 3. The summed E-state index contributed by atoms with van der Waals surface area (Å²) in [5.74, 6) is -0.504. The number of amides is 1. The molecule has 0 aliphatic carbocycles. The minimum absolute atomic E-state index is 0. The molecule has 3 rings (SSSR count). The fourth-order valence-electron chi connectivity index (χ4n) is 3.47. The summed E-state index contributed by atoms with van der Waals surface area (Å²) < 4.78 is 28.0. The molecule has 187 valence electrons. The van der Waals surface area contributed by atoms with Crippen molar-refractivity contribution in [1.29, 1.82) is 0 Å². The fourth-order valence-corrected chi connectivity index (χ4v) is 5.39. The number of aromatic nitrogens is 1. The van der Waals surface area contributed by atoms with Crippen molar-refractivity contribution in [3.05, 3.63) is 73.9 Å². The van der Waals surface area contributed by atoms with Crippen LogP contribution in [0.3, 0.4) is 0 Å². The third kappa shape index (κ3) is 7.90. The Hall–Kier alpha value is -1.18. The van der Waals surface area contributed by atoms with Crippen LogP contribution in [0.2, 0.25) is 5.02 Å². The third-order valence-corrected chi connectivity index (χ3v) is 7.24. The molecule has 13 heteroatoms. The van der Waals surface area contributed by atoms with Crippen LogP contribution < -0.4 is 15.5 Å². The van der Waals surface area contributed by atoms with Gasteiger partial charge in [-0.25, -0.2) is 19.7 Å². The van der Waals surface area contributed by atoms with Crippen LogP contribution in [-0.2, 0) is 69.4 Å². The van der Waals surface area contributed by atoms with Crippen LogP contribution in [0.5, 0.6) is 0 Å². The first-order valence-electron chi connectivity index (χ1n) is 10.3. The zero-order valence-corrected chi connectivity index (χ0v) is 24.8. The average molecular weight is 615 g/mol. The summed E-state index contributed by atoms with van der Waals surface area (Å²) in [4.78, 5) is 28.7. The molecule has 1 amide bonds. The maximum Gasteiger partial charge on any atom is 0.257 e. The fraction of sp³-hybridized carbons (Fsp3) is 0.318. The predicted molar refractivity (Wildman–Crippen MR) is 134 cm³/mol. The average Bonchev–Trinajstić information content (AvgIpc) is 3.12. The Morgan fingerprint density at radius 3 is 2.51 bits per heavy atom. The van der Waals surface area contributed by atoms with E-state index in [2.05, 4.69) is 10.0 Å². The number of nitrogens with zero attached hydrogens (tertiary/aromatic N) is 2. The molecule has 1 aromatic carbocycles. The van der Waals surface area contributed by atoms with Crippen molar-refractivity contribution in [2.75, 3.05) is 19.8 Å². The molecule has 0 aliphatic rings. The van der Waals surface area contributed by atoms with Gasteiger partial charge in [-0.1, -0.05) is 23.7 Å². The second-order valence-corrected chi connectivity index (χ2v) is 11.3. The van der Waals surface area contributed by atoms with Crippen LogP contribution in [0.25, 0.3) is 10.2 Å². The molecule has 0 unspecified atom stereocenters. The topological polar surface area (TPSA) is 121 Å².